The lowest BCUT2D eigenvalue weighted by Gasteiger charge is -2.32. The number of alkyl halides is 3. The largest absolute Gasteiger partial charge is 0.493 e. The molecule has 1 amide bonds. The van der Waals surface area contributed by atoms with Crippen LogP contribution in [0.15, 0.2) is 48.8 Å². The van der Waals surface area contributed by atoms with E-state index in [9.17, 15) is 18.0 Å². The molecule has 138 valence electrons. The number of carbonyl (C=O) groups is 1. The van der Waals surface area contributed by atoms with Crippen molar-refractivity contribution in [3.05, 3.63) is 59.9 Å². The van der Waals surface area contributed by atoms with E-state index < -0.39 is 11.7 Å². The number of halogens is 3. The van der Waals surface area contributed by atoms with Gasteiger partial charge in [-0.3, -0.25) is 9.78 Å². The van der Waals surface area contributed by atoms with E-state index in [0.29, 0.717) is 25.4 Å². The van der Waals surface area contributed by atoms with Crippen LogP contribution < -0.4 is 4.74 Å². The van der Waals surface area contributed by atoms with Crippen LogP contribution in [-0.4, -0.2) is 35.5 Å². The molecule has 0 saturated carbocycles. The first-order valence-electron chi connectivity index (χ1n) is 8.43. The molecule has 1 saturated heterocycles. The quantitative estimate of drug-likeness (QED) is 0.823. The Bertz CT molecular complexity index is 750. The molecule has 1 aliphatic heterocycles. The van der Waals surface area contributed by atoms with Gasteiger partial charge in [-0.2, -0.15) is 13.2 Å². The zero-order valence-electron chi connectivity index (χ0n) is 14.1. The lowest BCUT2D eigenvalue weighted by atomic mass is 9.98. The van der Waals surface area contributed by atoms with Crippen molar-refractivity contribution in [2.24, 2.45) is 5.92 Å². The summed E-state index contributed by atoms with van der Waals surface area (Å²) >= 11 is 0. The molecule has 1 unspecified atom stereocenters. The summed E-state index contributed by atoms with van der Waals surface area (Å²) in [5.74, 6) is 0.484. The van der Waals surface area contributed by atoms with Crippen LogP contribution in [0.2, 0.25) is 0 Å². The first-order valence-corrected chi connectivity index (χ1v) is 8.43. The van der Waals surface area contributed by atoms with Crippen molar-refractivity contribution < 1.29 is 22.7 Å². The zero-order valence-corrected chi connectivity index (χ0v) is 14.1. The molecule has 1 aliphatic rings. The molecule has 1 aromatic carbocycles. The zero-order chi connectivity index (χ0) is 18.6. The highest BCUT2D eigenvalue weighted by molar-refractivity contribution is 5.94. The smallest absolute Gasteiger partial charge is 0.416 e. The average molecular weight is 364 g/mol. The number of aromatic nitrogens is 1. The molecular weight excluding hydrogens is 345 g/mol. The fourth-order valence-corrected chi connectivity index (χ4v) is 3.05. The van der Waals surface area contributed by atoms with Gasteiger partial charge in [0.05, 0.1) is 12.2 Å². The second-order valence-corrected chi connectivity index (χ2v) is 6.33. The Morgan fingerprint density at radius 2 is 2.00 bits per heavy atom. The van der Waals surface area contributed by atoms with Crippen LogP contribution in [0, 0.1) is 5.92 Å². The van der Waals surface area contributed by atoms with Gasteiger partial charge >= 0.3 is 6.18 Å². The third-order valence-corrected chi connectivity index (χ3v) is 4.38. The van der Waals surface area contributed by atoms with Gasteiger partial charge in [-0.1, -0.05) is 6.07 Å². The van der Waals surface area contributed by atoms with Gasteiger partial charge in [-0.25, -0.2) is 0 Å². The van der Waals surface area contributed by atoms with Crippen LogP contribution in [0.4, 0.5) is 13.2 Å². The number of amides is 1. The molecule has 2 aromatic rings. The summed E-state index contributed by atoms with van der Waals surface area (Å²) in [5, 5.41) is 0. The van der Waals surface area contributed by atoms with Crippen LogP contribution in [0.5, 0.6) is 5.75 Å². The number of pyridine rings is 1. The number of hydrogen-bond acceptors (Lipinski definition) is 3. The van der Waals surface area contributed by atoms with Crippen molar-refractivity contribution in [2.45, 2.75) is 19.0 Å². The van der Waals surface area contributed by atoms with E-state index >= 15 is 0 Å². The minimum absolute atomic E-state index is 0.0653. The summed E-state index contributed by atoms with van der Waals surface area (Å²) < 4.78 is 44.3. The molecule has 1 atom stereocenters. The third kappa shape index (κ3) is 4.53. The maximum Gasteiger partial charge on any atom is 0.416 e. The average Bonchev–Trinajstić information content (AvgIpc) is 2.66. The lowest BCUT2D eigenvalue weighted by Crippen LogP contribution is -2.41. The first kappa shape index (κ1) is 18.2. The van der Waals surface area contributed by atoms with Gasteiger partial charge in [-0.05, 0) is 43.2 Å². The fraction of sp³-hybridized carbons (Fsp3) is 0.368. The number of carbonyl (C=O) groups excluding carboxylic acids is 1. The summed E-state index contributed by atoms with van der Waals surface area (Å²) in [7, 11) is 0. The topological polar surface area (TPSA) is 42.4 Å². The van der Waals surface area contributed by atoms with Crippen molar-refractivity contribution in [1.29, 1.82) is 0 Å². The number of likely N-dealkylation sites (tertiary alicyclic amines) is 1. The molecule has 0 N–H and O–H groups in total. The van der Waals surface area contributed by atoms with Gasteiger partial charge in [0.25, 0.3) is 5.91 Å². The molecule has 26 heavy (non-hydrogen) atoms. The molecular formula is C19H19F3N2O2. The van der Waals surface area contributed by atoms with Crippen LogP contribution in [0.3, 0.4) is 0 Å². The highest BCUT2D eigenvalue weighted by atomic mass is 19.4. The van der Waals surface area contributed by atoms with Crippen LogP contribution in [-0.2, 0) is 6.18 Å². The molecule has 0 aliphatic carbocycles. The SMILES string of the molecule is O=C(c1cccc(C(F)(F)F)c1)N1CCCC(COc2ccncc2)C1. The van der Waals surface area contributed by atoms with E-state index in [4.69, 9.17) is 4.74 Å². The van der Waals surface area contributed by atoms with Gasteiger partial charge in [0.1, 0.15) is 5.75 Å². The van der Waals surface area contributed by atoms with Crippen molar-refractivity contribution in [3.8, 4) is 5.75 Å². The van der Waals surface area contributed by atoms with Gasteiger partial charge in [0.2, 0.25) is 0 Å². The van der Waals surface area contributed by atoms with E-state index in [1.807, 2.05) is 0 Å². The molecule has 0 bridgehead atoms. The third-order valence-electron chi connectivity index (χ3n) is 4.38. The second-order valence-electron chi connectivity index (χ2n) is 6.33. The van der Waals surface area contributed by atoms with Crippen molar-refractivity contribution in [2.75, 3.05) is 19.7 Å². The predicted molar refractivity (Wildman–Crippen MR) is 89.8 cm³/mol. The molecule has 7 heteroatoms. The monoisotopic (exact) mass is 364 g/mol. The summed E-state index contributed by atoms with van der Waals surface area (Å²) in [5.41, 5.74) is -0.742. The number of nitrogens with zero attached hydrogens (tertiary/aromatic N) is 2. The van der Waals surface area contributed by atoms with Crippen LogP contribution in [0.1, 0.15) is 28.8 Å². The Balaban J connectivity index is 1.63. The van der Waals surface area contributed by atoms with Crippen molar-refractivity contribution in [3.63, 3.8) is 0 Å². The Morgan fingerprint density at radius 1 is 1.23 bits per heavy atom. The first-order chi connectivity index (χ1) is 12.4. The van der Waals surface area contributed by atoms with Crippen LogP contribution in [0.25, 0.3) is 0 Å². The molecule has 0 radical (unpaired) electrons. The van der Waals surface area contributed by atoms with Crippen molar-refractivity contribution in [1.82, 2.24) is 9.88 Å². The summed E-state index contributed by atoms with van der Waals surface area (Å²) in [6.45, 7) is 1.47. The highest BCUT2D eigenvalue weighted by Gasteiger charge is 2.32. The maximum absolute atomic E-state index is 12.9. The number of benzene rings is 1. The number of ether oxygens (including phenoxy) is 1. The lowest BCUT2D eigenvalue weighted by molar-refractivity contribution is -0.137. The summed E-state index contributed by atoms with van der Waals surface area (Å²) in [6.07, 6.45) is 0.533. The number of rotatable bonds is 4. The molecule has 2 heterocycles. The predicted octanol–water partition coefficient (Wildman–Crippen LogP) is 4.03. The molecule has 4 nitrogen and oxygen atoms in total. The Morgan fingerprint density at radius 3 is 2.73 bits per heavy atom. The molecule has 0 spiro atoms. The van der Waals surface area contributed by atoms with Crippen LogP contribution >= 0.6 is 0 Å². The van der Waals surface area contributed by atoms with Gasteiger partial charge in [0.15, 0.2) is 0 Å². The number of hydrogen-bond donors (Lipinski definition) is 0. The van der Waals surface area contributed by atoms with E-state index in [1.54, 1.807) is 29.4 Å². The standard InChI is InChI=1S/C19H19F3N2O2/c20-19(21,22)16-5-1-4-15(11-16)18(25)24-10-2-3-14(12-24)13-26-17-6-8-23-9-7-17/h1,4-9,11,14H,2-3,10,12-13H2. The normalized spacial score (nSPS) is 17.8. The maximum atomic E-state index is 12.9. The minimum Gasteiger partial charge on any atom is -0.493 e. The number of piperidine rings is 1. The van der Waals surface area contributed by atoms with Crippen molar-refractivity contribution >= 4 is 5.91 Å². The highest BCUT2D eigenvalue weighted by Crippen LogP contribution is 2.30. The Hall–Kier alpha value is -2.57. The fourth-order valence-electron chi connectivity index (χ4n) is 3.05. The molecule has 1 aromatic heterocycles. The van der Waals surface area contributed by atoms with E-state index in [2.05, 4.69) is 4.98 Å². The second kappa shape index (κ2) is 7.76. The summed E-state index contributed by atoms with van der Waals surface area (Å²) in [4.78, 5) is 18.1. The summed E-state index contributed by atoms with van der Waals surface area (Å²) in [6, 6.07) is 8.10. The Kier molecular flexibility index (Phi) is 5.44. The van der Waals surface area contributed by atoms with E-state index in [-0.39, 0.29) is 17.4 Å². The Labute approximate surface area is 149 Å². The molecule has 1 fully saturated rings. The van der Waals surface area contributed by atoms with E-state index in [1.165, 1.54) is 12.1 Å². The minimum atomic E-state index is -4.46. The van der Waals surface area contributed by atoms with Gasteiger partial charge in [-0.15, -0.1) is 0 Å². The van der Waals surface area contributed by atoms with Gasteiger partial charge in [0, 0.05) is 37.0 Å². The van der Waals surface area contributed by atoms with Gasteiger partial charge < -0.3 is 9.64 Å². The van der Waals surface area contributed by atoms with E-state index in [0.717, 1.165) is 25.0 Å². The molecule has 3 rings (SSSR count).